The quantitative estimate of drug-likeness (QED) is 0.204. The molecule has 0 aromatic carbocycles. The zero-order chi connectivity index (χ0) is 25.3. The van der Waals surface area contributed by atoms with Gasteiger partial charge in [-0.25, -0.2) is 9.59 Å². The maximum atomic E-state index is 13.0. The lowest BCUT2D eigenvalue weighted by Crippen LogP contribution is -2.74. The number of β-lactam (4-membered cyclic amide) rings is 1. The first-order chi connectivity index (χ1) is 15.9. The van der Waals surface area contributed by atoms with Gasteiger partial charge in [-0.2, -0.15) is 0 Å². The molecule has 3 rings (SSSR count). The molecular weight excluding hydrogens is 464 g/mol. The van der Waals surface area contributed by atoms with Crippen molar-refractivity contribution in [2.45, 2.75) is 57.1 Å². The molecule has 2 saturated heterocycles. The zero-order valence-corrected chi connectivity index (χ0v) is 21.2. The Morgan fingerprint density at radius 1 is 1.15 bits per heavy atom. The third-order valence-electron chi connectivity index (χ3n) is 6.36. The number of hydrogen-bond donors (Lipinski definition) is 0. The zero-order valence-electron chi connectivity index (χ0n) is 20.2. The van der Waals surface area contributed by atoms with Gasteiger partial charge < -0.3 is 28.2 Å². The Balaban J connectivity index is 1.82. The van der Waals surface area contributed by atoms with E-state index in [1.54, 1.807) is 0 Å². The number of carbonyl (C=O) groups is 3. The maximum absolute atomic E-state index is 13.0. The van der Waals surface area contributed by atoms with Gasteiger partial charge in [-0.3, -0.25) is 9.69 Å². The van der Waals surface area contributed by atoms with Gasteiger partial charge in [0, 0.05) is 5.57 Å². The SMILES string of the molecule is C=CCOC(=O)OC1=C(CO[Si](C)(C)C(C)(C)C)C2OCN(OC(=O)OCC=C)[C@@H]3C(=O)N1[C@H]23. The summed E-state index contributed by atoms with van der Waals surface area (Å²) < 4.78 is 27.5. The second-order valence-corrected chi connectivity index (χ2v) is 14.4. The number of rotatable bonds is 9. The van der Waals surface area contributed by atoms with Gasteiger partial charge in [-0.05, 0) is 18.1 Å². The minimum absolute atomic E-state index is 0.0279. The number of amides is 1. The molecule has 12 heteroatoms. The van der Waals surface area contributed by atoms with Gasteiger partial charge in [-0.1, -0.05) is 51.1 Å². The fraction of sp³-hybridized carbons (Fsp3) is 0.591. The average Bonchev–Trinajstić information content (AvgIpc) is 3.04. The molecule has 188 valence electrons. The molecule has 0 N–H and O–H groups in total. The number of carbonyl (C=O) groups excluding carboxylic acids is 3. The highest BCUT2D eigenvalue weighted by molar-refractivity contribution is 6.74. The molecule has 2 fully saturated rings. The molecule has 11 nitrogen and oxygen atoms in total. The Kier molecular flexibility index (Phi) is 7.55. The molecule has 3 heterocycles. The fourth-order valence-electron chi connectivity index (χ4n) is 3.54. The minimum Gasteiger partial charge on any atom is -0.430 e. The number of ether oxygens (including phenoxy) is 4. The van der Waals surface area contributed by atoms with E-state index in [2.05, 4.69) is 47.0 Å². The van der Waals surface area contributed by atoms with Crippen molar-refractivity contribution < 1.29 is 42.6 Å². The summed E-state index contributed by atoms with van der Waals surface area (Å²) in [4.78, 5) is 43.6. The van der Waals surface area contributed by atoms with E-state index in [1.807, 2.05) is 0 Å². The van der Waals surface area contributed by atoms with Crippen LogP contribution in [-0.4, -0.2) is 81.2 Å². The standard InChI is InChI=1S/C22H32N2O9Si/c1-8-10-28-20(26)32-19-14(12-31-34(6,7)22(3,4)5)17-15-16(18(25)24(15)19)23(13-30-17)33-21(27)29-11-9-2/h8-9,15-17H,1-2,10-13H2,3-7H3/t15-,16-,17?/m0/s1. The molecule has 0 aliphatic carbocycles. The molecule has 0 radical (unpaired) electrons. The van der Waals surface area contributed by atoms with Crippen molar-refractivity contribution in [1.82, 2.24) is 9.96 Å². The molecule has 3 aliphatic rings. The van der Waals surface area contributed by atoms with E-state index in [-0.39, 0.29) is 37.5 Å². The highest BCUT2D eigenvalue weighted by Gasteiger charge is 2.66. The highest BCUT2D eigenvalue weighted by atomic mass is 28.4. The van der Waals surface area contributed by atoms with E-state index in [4.69, 9.17) is 28.2 Å². The summed E-state index contributed by atoms with van der Waals surface area (Å²) in [5, 5.41) is 1.06. The first-order valence-electron chi connectivity index (χ1n) is 10.9. The van der Waals surface area contributed by atoms with Crippen LogP contribution in [-0.2, 0) is 33.0 Å². The molecule has 1 amide bonds. The second-order valence-electron chi connectivity index (χ2n) is 9.55. The Morgan fingerprint density at radius 3 is 2.35 bits per heavy atom. The Morgan fingerprint density at radius 2 is 1.76 bits per heavy atom. The van der Waals surface area contributed by atoms with Crippen molar-refractivity contribution in [2.24, 2.45) is 0 Å². The third-order valence-corrected chi connectivity index (χ3v) is 10.8. The summed E-state index contributed by atoms with van der Waals surface area (Å²) >= 11 is 0. The van der Waals surface area contributed by atoms with Crippen LogP contribution in [0.15, 0.2) is 36.8 Å². The lowest BCUT2D eigenvalue weighted by molar-refractivity contribution is -0.272. The Bertz CT molecular complexity index is 895. The topological polar surface area (TPSA) is 113 Å². The molecule has 1 unspecified atom stereocenters. The largest absolute Gasteiger partial charge is 0.528 e. The van der Waals surface area contributed by atoms with Crippen molar-refractivity contribution in [1.29, 1.82) is 0 Å². The molecule has 0 bridgehead atoms. The molecule has 0 aromatic heterocycles. The lowest BCUT2D eigenvalue weighted by atomic mass is 9.90. The lowest BCUT2D eigenvalue weighted by Gasteiger charge is -2.50. The van der Waals surface area contributed by atoms with Crippen molar-refractivity contribution >= 4 is 26.5 Å². The molecular formula is C22H32N2O9Si. The van der Waals surface area contributed by atoms with Gasteiger partial charge in [-0.15, -0.1) is 0 Å². The van der Waals surface area contributed by atoms with E-state index in [1.165, 1.54) is 17.1 Å². The first kappa shape index (κ1) is 25.9. The number of hydroxylamine groups is 2. The summed E-state index contributed by atoms with van der Waals surface area (Å²) in [6.07, 6.45) is 0.241. The van der Waals surface area contributed by atoms with Crippen LogP contribution in [0.2, 0.25) is 18.1 Å². The van der Waals surface area contributed by atoms with E-state index in [9.17, 15) is 14.4 Å². The molecule has 3 aliphatic heterocycles. The molecule has 0 saturated carbocycles. The van der Waals surface area contributed by atoms with Crippen molar-refractivity contribution in [3.8, 4) is 0 Å². The van der Waals surface area contributed by atoms with Crippen LogP contribution in [0.4, 0.5) is 9.59 Å². The van der Waals surface area contributed by atoms with Crippen molar-refractivity contribution in [3.05, 3.63) is 36.8 Å². The van der Waals surface area contributed by atoms with Gasteiger partial charge in [0.15, 0.2) is 14.4 Å². The molecule has 0 aromatic rings. The first-order valence-corrected chi connectivity index (χ1v) is 13.8. The van der Waals surface area contributed by atoms with Crippen LogP contribution in [0.3, 0.4) is 0 Å². The number of hydrogen-bond acceptors (Lipinski definition) is 10. The van der Waals surface area contributed by atoms with Crippen LogP contribution < -0.4 is 0 Å². The highest BCUT2D eigenvalue weighted by Crippen LogP contribution is 2.46. The van der Waals surface area contributed by atoms with Gasteiger partial charge in [0.1, 0.15) is 26.0 Å². The van der Waals surface area contributed by atoms with Crippen LogP contribution in [0.1, 0.15) is 20.8 Å². The molecule has 34 heavy (non-hydrogen) atoms. The van der Waals surface area contributed by atoms with E-state index >= 15 is 0 Å². The van der Waals surface area contributed by atoms with E-state index in [0.717, 1.165) is 5.06 Å². The van der Waals surface area contributed by atoms with Crippen LogP contribution >= 0.6 is 0 Å². The van der Waals surface area contributed by atoms with Gasteiger partial charge in [0.05, 0.1) is 12.6 Å². The number of nitrogens with zero attached hydrogens (tertiary/aromatic N) is 2. The predicted molar refractivity (Wildman–Crippen MR) is 121 cm³/mol. The van der Waals surface area contributed by atoms with E-state index in [0.29, 0.717) is 5.57 Å². The van der Waals surface area contributed by atoms with Gasteiger partial charge >= 0.3 is 12.3 Å². The summed E-state index contributed by atoms with van der Waals surface area (Å²) in [6, 6.07) is -1.38. The molecule has 3 atom stereocenters. The summed E-state index contributed by atoms with van der Waals surface area (Å²) in [6.45, 7) is 17.3. The van der Waals surface area contributed by atoms with Crippen molar-refractivity contribution in [3.63, 3.8) is 0 Å². The summed E-state index contributed by atoms with van der Waals surface area (Å²) in [7, 11) is -2.18. The minimum atomic E-state index is -2.18. The van der Waals surface area contributed by atoms with Gasteiger partial charge in [0.2, 0.25) is 5.88 Å². The molecule has 0 spiro atoms. The van der Waals surface area contributed by atoms with Crippen LogP contribution in [0.5, 0.6) is 0 Å². The Labute approximate surface area is 199 Å². The second kappa shape index (κ2) is 9.90. The fourth-order valence-corrected chi connectivity index (χ4v) is 4.49. The van der Waals surface area contributed by atoms with Crippen LogP contribution in [0.25, 0.3) is 0 Å². The van der Waals surface area contributed by atoms with Crippen LogP contribution in [0, 0.1) is 0 Å². The Hall–Kier alpha value is -2.67. The third kappa shape index (κ3) is 4.90. The predicted octanol–water partition coefficient (Wildman–Crippen LogP) is 3.06. The van der Waals surface area contributed by atoms with Gasteiger partial charge in [0.25, 0.3) is 5.91 Å². The van der Waals surface area contributed by atoms with Crippen molar-refractivity contribution in [2.75, 3.05) is 26.6 Å². The average molecular weight is 497 g/mol. The smallest absolute Gasteiger partial charge is 0.430 e. The monoisotopic (exact) mass is 496 g/mol. The normalized spacial score (nSPS) is 24.2. The maximum Gasteiger partial charge on any atom is 0.528 e. The summed E-state index contributed by atoms with van der Waals surface area (Å²) in [5.74, 6) is -0.385. The van der Waals surface area contributed by atoms with E-state index < -0.39 is 44.7 Å². The summed E-state index contributed by atoms with van der Waals surface area (Å²) in [5.41, 5.74) is 0.523.